The van der Waals surface area contributed by atoms with Gasteiger partial charge in [0.05, 0.1) is 5.41 Å². The molecule has 0 unspecified atom stereocenters. The minimum Gasteiger partial charge on any atom is -0.344 e. The van der Waals surface area contributed by atoms with Crippen LogP contribution < -0.4 is 0 Å². The van der Waals surface area contributed by atoms with E-state index in [2.05, 4.69) is 9.59 Å². The zero-order valence-corrected chi connectivity index (χ0v) is 10.9. The van der Waals surface area contributed by atoms with Gasteiger partial charge in [0, 0.05) is 32.1 Å². The first-order valence-electron chi connectivity index (χ1n) is 5.94. The third-order valence-electron chi connectivity index (χ3n) is 3.93. The summed E-state index contributed by atoms with van der Waals surface area (Å²) in [5, 5.41) is 5.45. The van der Waals surface area contributed by atoms with Crippen LogP contribution in [0.15, 0.2) is 5.38 Å². The van der Waals surface area contributed by atoms with Crippen molar-refractivity contribution in [2.24, 2.45) is 5.41 Å². The van der Waals surface area contributed by atoms with E-state index in [1.807, 2.05) is 7.05 Å². The van der Waals surface area contributed by atoms with Crippen molar-refractivity contribution in [1.82, 2.24) is 19.4 Å². The molecule has 1 aromatic rings. The van der Waals surface area contributed by atoms with Crippen LogP contribution in [0.1, 0.15) is 23.3 Å². The van der Waals surface area contributed by atoms with Crippen LogP contribution in [0.3, 0.4) is 0 Å². The number of hydrogen-bond acceptors (Lipinski definition) is 5. The van der Waals surface area contributed by atoms with E-state index in [9.17, 15) is 9.59 Å². The highest BCUT2D eigenvalue weighted by Gasteiger charge is 2.51. The maximum atomic E-state index is 12.1. The number of nitrogens with zero attached hydrogens (tertiary/aromatic N) is 4. The topological polar surface area (TPSA) is 66.4 Å². The first kappa shape index (κ1) is 11.6. The molecule has 96 valence electrons. The molecule has 2 fully saturated rings. The highest BCUT2D eigenvalue weighted by atomic mass is 32.1. The molecule has 0 aliphatic carbocycles. The van der Waals surface area contributed by atoms with E-state index in [0.29, 0.717) is 18.8 Å². The molecule has 2 aliphatic heterocycles. The van der Waals surface area contributed by atoms with E-state index in [0.717, 1.165) is 19.4 Å². The highest BCUT2D eigenvalue weighted by molar-refractivity contribution is 7.03. The maximum absolute atomic E-state index is 12.1. The zero-order valence-electron chi connectivity index (χ0n) is 10.1. The maximum Gasteiger partial charge on any atom is 0.275 e. The van der Waals surface area contributed by atoms with E-state index in [-0.39, 0.29) is 17.2 Å². The molecule has 1 spiro atoms. The van der Waals surface area contributed by atoms with Crippen LogP contribution in [0.2, 0.25) is 0 Å². The molecule has 2 amide bonds. The first-order valence-corrected chi connectivity index (χ1v) is 6.78. The minimum atomic E-state index is -0.189. The molecule has 3 heterocycles. The summed E-state index contributed by atoms with van der Waals surface area (Å²) in [7, 11) is 1.83. The van der Waals surface area contributed by atoms with Gasteiger partial charge in [0.15, 0.2) is 5.69 Å². The van der Waals surface area contributed by atoms with Crippen LogP contribution in [-0.2, 0) is 4.79 Å². The number of aromatic nitrogens is 2. The van der Waals surface area contributed by atoms with E-state index in [4.69, 9.17) is 0 Å². The molecule has 18 heavy (non-hydrogen) atoms. The number of amides is 2. The Morgan fingerprint density at radius 3 is 2.67 bits per heavy atom. The molecular formula is C11H14N4O2S. The van der Waals surface area contributed by atoms with Crippen molar-refractivity contribution in [2.45, 2.75) is 12.8 Å². The second-order valence-corrected chi connectivity index (χ2v) is 5.63. The Morgan fingerprint density at radius 2 is 2.17 bits per heavy atom. The lowest BCUT2D eigenvalue weighted by molar-refractivity contribution is -0.161. The van der Waals surface area contributed by atoms with E-state index in [1.54, 1.807) is 15.2 Å². The van der Waals surface area contributed by atoms with E-state index < -0.39 is 0 Å². The van der Waals surface area contributed by atoms with Crippen LogP contribution in [0.25, 0.3) is 0 Å². The summed E-state index contributed by atoms with van der Waals surface area (Å²) in [5.41, 5.74) is 0.222. The number of piperidine rings is 1. The summed E-state index contributed by atoms with van der Waals surface area (Å²) in [6.07, 6.45) is 1.53. The van der Waals surface area contributed by atoms with E-state index >= 15 is 0 Å². The lowest BCUT2D eigenvalue weighted by Crippen LogP contribution is -2.63. The predicted octanol–water partition coefficient (Wildman–Crippen LogP) is 0.232. The fourth-order valence-electron chi connectivity index (χ4n) is 2.84. The van der Waals surface area contributed by atoms with Crippen molar-refractivity contribution in [1.29, 1.82) is 0 Å². The largest absolute Gasteiger partial charge is 0.344 e. The second kappa shape index (κ2) is 4.01. The molecule has 0 saturated carbocycles. The van der Waals surface area contributed by atoms with Gasteiger partial charge in [-0.25, -0.2) is 0 Å². The van der Waals surface area contributed by atoms with Crippen molar-refractivity contribution in [2.75, 3.05) is 26.7 Å². The first-order chi connectivity index (χ1) is 8.62. The third-order valence-corrected chi connectivity index (χ3v) is 4.43. The number of carbonyl (C=O) groups is 2. The van der Waals surface area contributed by atoms with Crippen molar-refractivity contribution >= 4 is 23.3 Å². The van der Waals surface area contributed by atoms with Gasteiger partial charge in [-0.05, 0) is 24.4 Å². The van der Waals surface area contributed by atoms with Crippen LogP contribution in [0.4, 0.5) is 0 Å². The second-order valence-electron chi connectivity index (χ2n) is 5.02. The summed E-state index contributed by atoms with van der Waals surface area (Å²) in [5.74, 6) is 0.156. The number of β-lactam (4-membered cyclic amide) rings is 1. The molecule has 0 aromatic carbocycles. The Kier molecular flexibility index (Phi) is 2.58. The monoisotopic (exact) mass is 266 g/mol. The van der Waals surface area contributed by atoms with Gasteiger partial charge in [0.25, 0.3) is 5.91 Å². The Labute approximate surface area is 109 Å². The predicted molar refractivity (Wildman–Crippen MR) is 65.1 cm³/mol. The Bertz CT molecular complexity index is 479. The summed E-state index contributed by atoms with van der Waals surface area (Å²) in [6.45, 7) is 2.10. The standard InChI is InChI=1S/C11H14N4O2S/c1-14-7-11(10(14)17)2-4-15(5-3-11)9(16)8-6-18-13-12-8/h6H,2-5,7H2,1H3. The molecule has 0 radical (unpaired) electrons. The van der Waals surface area contributed by atoms with Crippen molar-refractivity contribution in [3.63, 3.8) is 0 Å². The summed E-state index contributed by atoms with van der Waals surface area (Å²) in [6, 6.07) is 0. The smallest absolute Gasteiger partial charge is 0.275 e. The van der Waals surface area contributed by atoms with Gasteiger partial charge in [0.1, 0.15) is 0 Å². The minimum absolute atomic E-state index is 0.0706. The molecule has 2 saturated heterocycles. The summed E-state index contributed by atoms with van der Waals surface area (Å²) < 4.78 is 3.70. The average Bonchev–Trinajstić information content (AvgIpc) is 2.92. The van der Waals surface area contributed by atoms with Crippen LogP contribution in [0.5, 0.6) is 0 Å². The molecule has 2 aliphatic rings. The van der Waals surface area contributed by atoms with E-state index in [1.165, 1.54) is 11.5 Å². The number of likely N-dealkylation sites (tertiary alicyclic amines) is 2. The average molecular weight is 266 g/mol. The van der Waals surface area contributed by atoms with Gasteiger partial charge in [-0.2, -0.15) is 0 Å². The van der Waals surface area contributed by atoms with Crippen LogP contribution in [-0.4, -0.2) is 57.9 Å². The summed E-state index contributed by atoms with van der Waals surface area (Å²) in [4.78, 5) is 27.4. The third kappa shape index (κ3) is 1.61. The fourth-order valence-corrected chi connectivity index (χ4v) is 3.27. The summed E-state index contributed by atoms with van der Waals surface area (Å²) >= 11 is 1.18. The molecule has 0 bridgehead atoms. The number of hydrogen-bond donors (Lipinski definition) is 0. The number of rotatable bonds is 1. The molecule has 6 nitrogen and oxygen atoms in total. The van der Waals surface area contributed by atoms with Gasteiger partial charge in [-0.15, -0.1) is 5.10 Å². The van der Waals surface area contributed by atoms with Crippen molar-refractivity contribution in [3.05, 3.63) is 11.1 Å². The number of carbonyl (C=O) groups excluding carboxylic acids is 2. The molecule has 7 heteroatoms. The SMILES string of the molecule is CN1CC2(CCN(C(=O)c3csnn3)CC2)C1=O. The molecule has 0 atom stereocenters. The van der Waals surface area contributed by atoms with Crippen LogP contribution in [0, 0.1) is 5.41 Å². The zero-order chi connectivity index (χ0) is 12.8. The molecule has 0 N–H and O–H groups in total. The van der Waals surface area contributed by atoms with Gasteiger partial charge in [-0.3, -0.25) is 9.59 Å². The van der Waals surface area contributed by atoms with Crippen LogP contribution >= 0.6 is 11.5 Å². The Balaban J connectivity index is 1.64. The van der Waals surface area contributed by atoms with Gasteiger partial charge < -0.3 is 9.80 Å². The van der Waals surface area contributed by atoms with Gasteiger partial charge in [0.2, 0.25) is 5.91 Å². The van der Waals surface area contributed by atoms with Gasteiger partial charge >= 0.3 is 0 Å². The van der Waals surface area contributed by atoms with Crippen molar-refractivity contribution in [3.8, 4) is 0 Å². The fraction of sp³-hybridized carbons (Fsp3) is 0.636. The molecular weight excluding hydrogens is 252 g/mol. The highest BCUT2D eigenvalue weighted by Crippen LogP contribution is 2.40. The Hall–Kier alpha value is -1.50. The quantitative estimate of drug-likeness (QED) is 0.683. The lowest BCUT2D eigenvalue weighted by atomic mass is 9.71. The molecule has 3 rings (SSSR count). The Morgan fingerprint density at radius 1 is 1.44 bits per heavy atom. The van der Waals surface area contributed by atoms with Crippen molar-refractivity contribution < 1.29 is 9.59 Å². The lowest BCUT2D eigenvalue weighted by Gasteiger charge is -2.51. The molecule has 1 aromatic heterocycles. The van der Waals surface area contributed by atoms with Gasteiger partial charge in [-0.1, -0.05) is 4.49 Å². The normalized spacial score (nSPS) is 22.2.